The van der Waals surface area contributed by atoms with Crippen molar-refractivity contribution in [1.82, 2.24) is 15.2 Å². The molecule has 0 saturated carbocycles. The van der Waals surface area contributed by atoms with Crippen molar-refractivity contribution in [2.45, 2.75) is 18.9 Å². The molecule has 5 nitrogen and oxygen atoms in total. The third-order valence-corrected chi connectivity index (χ3v) is 4.07. The minimum Gasteiger partial charge on any atom is -0.382 e. The number of anilines is 2. The lowest BCUT2D eigenvalue weighted by Gasteiger charge is -2.25. The Bertz CT molecular complexity index is 619. The molecule has 1 saturated heterocycles. The van der Waals surface area contributed by atoms with Gasteiger partial charge in [0.15, 0.2) is 0 Å². The van der Waals surface area contributed by atoms with Gasteiger partial charge in [-0.25, -0.2) is 4.98 Å². The van der Waals surface area contributed by atoms with E-state index in [1.165, 1.54) is 0 Å². The summed E-state index contributed by atoms with van der Waals surface area (Å²) >= 11 is 9.67. The van der Waals surface area contributed by atoms with Crippen LogP contribution in [0.1, 0.15) is 24.6 Å². The third kappa shape index (κ3) is 2.58. The first-order valence-corrected chi connectivity index (χ1v) is 7.49. The second kappa shape index (κ2) is 5.54. The van der Waals surface area contributed by atoms with Crippen LogP contribution in [0, 0.1) is 0 Å². The van der Waals surface area contributed by atoms with Crippen molar-refractivity contribution in [3.05, 3.63) is 39.6 Å². The van der Waals surface area contributed by atoms with Crippen LogP contribution in [-0.2, 0) is 0 Å². The van der Waals surface area contributed by atoms with Crippen LogP contribution in [0.4, 0.5) is 11.6 Å². The molecule has 0 amide bonds. The highest BCUT2D eigenvalue weighted by Gasteiger charge is 2.29. The minimum absolute atomic E-state index is 0.147. The Kier molecular flexibility index (Phi) is 3.76. The predicted octanol–water partition coefficient (Wildman–Crippen LogP) is 3.21. The summed E-state index contributed by atoms with van der Waals surface area (Å²) in [6.07, 6.45) is 3.84. The molecule has 2 N–H and O–H groups in total. The zero-order valence-corrected chi connectivity index (χ0v) is 13.0. The molecule has 104 valence electrons. The molecule has 3 rings (SSSR count). The fourth-order valence-electron chi connectivity index (χ4n) is 2.48. The topological polar surface area (TPSA) is 67.9 Å². The number of halogens is 2. The summed E-state index contributed by atoms with van der Waals surface area (Å²) in [4.78, 5) is 6.60. The van der Waals surface area contributed by atoms with Gasteiger partial charge in [0.2, 0.25) is 0 Å². The monoisotopic (exact) mass is 353 g/mol. The average Bonchev–Trinajstić information content (AvgIpc) is 2.88. The number of nitrogens with zero attached hydrogens (tertiary/aromatic N) is 4. The number of nitrogens with two attached hydrogens (primary N) is 1. The molecule has 0 aliphatic carbocycles. The molecule has 7 heteroatoms. The summed E-state index contributed by atoms with van der Waals surface area (Å²) in [6, 6.07) is 5.69. The number of rotatable bonds is 2. The summed E-state index contributed by atoms with van der Waals surface area (Å²) < 4.78 is 0.870. The van der Waals surface area contributed by atoms with Gasteiger partial charge in [0.05, 0.1) is 16.8 Å². The molecular formula is C13H13BrClN5. The summed E-state index contributed by atoms with van der Waals surface area (Å²) in [5.74, 6) is 1.22. The molecule has 1 unspecified atom stereocenters. The third-order valence-electron chi connectivity index (χ3n) is 3.36. The van der Waals surface area contributed by atoms with Gasteiger partial charge in [0.25, 0.3) is 0 Å². The molecule has 1 aliphatic heterocycles. The number of pyridine rings is 1. The van der Waals surface area contributed by atoms with Gasteiger partial charge in [-0.1, -0.05) is 11.6 Å². The summed E-state index contributed by atoms with van der Waals surface area (Å²) in [7, 11) is 0. The predicted molar refractivity (Wildman–Crippen MR) is 82.7 cm³/mol. The largest absolute Gasteiger partial charge is 0.382 e. The van der Waals surface area contributed by atoms with Gasteiger partial charge in [-0.05, 0) is 47.0 Å². The Labute approximate surface area is 130 Å². The van der Waals surface area contributed by atoms with Crippen LogP contribution < -0.4 is 10.6 Å². The molecule has 3 heterocycles. The maximum Gasteiger partial charge on any atom is 0.147 e. The second-order valence-electron chi connectivity index (χ2n) is 4.69. The molecule has 0 radical (unpaired) electrons. The Hall–Kier alpha value is -1.40. The van der Waals surface area contributed by atoms with Crippen LogP contribution in [0.3, 0.4) is 0 Å². The van der Waals surface area contributed by atoms with Crippen LogP contribution in [0.2, 0.25) is 5.02 Å². The molecule has 0 bridgehead atoms. The molecule has 0 aromatic carbocycles. The second-order valence-corrected chi connectivity index (χ2v) is 6.02. The highest BCUT2D eigenvalue weighted by atomic mass is 79.9. The first-order chi connectivity index (χ1) is 9.65. The smallest absolute Gasteiger partial charge is 0.147 e. The zero-order chi connectivity index (χ0) is 14.1. The van der Waals surface area contributed by atoms with E-state index in [4.69, 9.17) is 17.3 Å². The Morgan fingerprint density at radius 3 is 2.90 bits per heavy atom. The molecule has 2 aromatic rings. The lowest BCUT2D eigenvalue weighted by molar-refractivity contribution is 0.673. The maximum absolute atomic E-state index is 6.30. The maximum atomic E-state index is 6.30. The van der Waals surface area contributed by atoms with E-state index < -0.39 is 0 Å². The van der Waals surface area contributed by atoms with Crippen molar-refractivity contribution in [2.24, 2.45) is 0 Å². The van der Waals surface area contributed by atoms with Gasteiger partial charge < -0.3 is 10.6 Å². The van der Waals surface area contributed by atoms with Crippen LogP contribution >= 0.6 is 27.5 Å². The van der Waals surface area contributed by atoms with Crippen molar-refractivity contribution in [1.29, 1.82) is 0 Å². The van der Waals surface area contributed by atoms with E-state index in [-0.39, 0.29) is 6.04 Å². The molecule has 0 spiro atoms. The first-order valence-electron chi connectivity index (χ1n) is 6.32. The van der Waals surface area contributed by atoms with E-state index in [1.807, 2.05) is 12.1 Å². The number of hydrogen-bond donors (Lipinski definition) is 1. The summed E-state index contributed by atoms with van der Waals surface area (Å²) in [5, 5.41) is 8.75. The highest BCUT2D eigenvalue weighted by Crippen LogP contribution is 2.37. The molecular weight excluding hydrogens is 342 g/mol. The fourth-order valence-corrected chi connectivity index (χ4v) is 3.22. The van der Waals surface area contributed by atoms with Crippen LogP contribution in [0.5, 0.6) is 0 Å². The number of nitrogen functional groups attached to an aromatic ring is 1. The van der Waals surface area contributed by atoms with Crippen LogP contribution in [-0.4, -0.2) is 21.7 Å². The van der Waals surface area contributed by atoms with E-state index in [9.17, 15) is 0 Å². The fraction of sp³-hybridized carbons (Fsp3) is 0.308. The molecule has 1 fully saturated rings. The first kappa shape index (κ1) is 13.6. The summed E-state index contributed by atoms with van der Waals surface area (Å²) in [5.41, 5.74) is 6.49. The van der Waals surface area contributed by atoms with Crippen molar-refractivity contribution in [3.8, 4) is 0 Å². The lowest BCUT2D eigenvalue weighted by atomic mass is 10.1. The van der Waals surface area contributed by atoms with E-state index in [0.29, 0.717) is 10.8 Å². The zero-order valence-electron chi connectivity index (χ0n) is 10.6. The molecule has 2 aromatic heterocycles. The minimum atomic E-state index is 0.147. The van der Waals surface area contributed by atoms with Gasteiger partial charge in [-0.3, -0.25) is 0 Å². The lowest BCUT2D eigenvalue weighted by Crippen LogP contribution is -2.24. The van der Waals surface area contributed by atoms with Crippen molar-refractivity contribution >= 4 is 39.2 Å². The van der Waals surface area contributed by atoms with E-state index in [2.05, 4.69) is 36.0 Å². The Morgan fingerprint density at radius 1 is 1.35 bits per heavy atom. The quantitative estimate of drug-likeness (QED) is 0.897. The van der Waals surface area contributed by atoms with E-state index in [0.717, 1.165) is 35.4 Å². The summed E-state index contributed by atoms with van der Waals surface area (Å²) in [6.45, 7) is 0.908. The Morgan fingerprint density at radius 2 is 2.20 bits per heavy atom. The van der Waals surface area contributed by atoms with Gasteiger partial charge in [0, 0.05) is 17.2 Å². The highest BCUT2D eigenvalue weighted by molar-refractivity contribution is 9.10. The van der Waals surface area contributed by atoms with Crippen molar-refractivity contribution in [3.63, 3.8) is 0 Å². The van der Waals surface area contributed by atoms with Gasteiger partial charge >= 0.3 is 0 Å². The van der Waals surface area contributed by atoms with E-state index in [1.54, 1.807) is 12.3 Å². The molecule has 1 atom stereocenters. The SMILES string of the molecule is Nc1ccc(C2CCCN2c2ncc(Br)cc2Cl)nn1. The van der Waals surface area contributed by atoms with Crippen molar-refractivity contribution in [2.75, 3.05) is 17.2 Å². The Balaban J connectivity index is 1.94. The van der Waals surface area contributed by atoms with Crippen LogP contribution in [0.25, 0.3) is 0 Å². The normalized spacial score (nSPS) is 18.5. The number of hydrogen-bond acceptors (Lipinski definition) is 5. The van der Waals surface area contributed by atoms with Crippen molar-refractivity contribution < 1.29 is 0 Å². The average molecular weight is 355 g/mol. The van der Waals surface area contributed by atoms with Crippen LogP contribution in [0.15, 0.2) is 28.9 Å². The molecule has 1 aliphatic rings. The molecule has 20 heavy (non-hydrogen) atoms. The van der Waals surface area contributed by atoms with Gasteiger partial charge in [0.1, 0.15) is 11.6 Å². The number of aromatic nitrogens is 3. The van der Waals surface area contributed by atoms with E-state index >= 15 is 0 Å². The van der Waals surface area contributed by atoms with Gasteiger partial charge in [-0.15, -0.1) is 5.10 Å². The standard InChI is InChI=1S/C13H13BrClN5/c14-8-6-9(15)13(17-7-8)20-5-1-2-11(20)10-3-4-12(16)19-18-10/h3-4,6-7,11H,1-2,5H2,(H2,16,19). The van der Waals surface area contributed by atoms with Gasteiger partial charge in [-0.2, -0.15) is 5.10 Å².